The van der Waals surface area contributed by atoms with Gasteiger partial charge in [-0.1, -0.05) is 6.92 Å². The van der Waals surface area contributed by atoms with Crippen molar-refractivity contribution in [1.82, 2.24) is 0 Å². The second kappa shape index (κ2) is 5.01. The van der Waals surface area contributed by atoms with Gasteiger partial charge in [0.05, 0.1) is 6.61 Å². The minimum absolute atomic E-state index is 0.141. The van der Waals surface area contributed by atoms with Crippen molar-refractivity contribution in [3.05, 3.63) is 24.3 Å². The van der Waals surface area contributed by atoms with Crippen LogP contribution in [0.25, 0.3) is 0 Å². The van der Waals surface area contributed by atoms with Crippen molar-refractivity contribution in [3.63, 3.8) is 0 Å². The van der Waals surface area contributed by atoms with E-state index in [9.17, 15) is 4.79 Å². The summed E-state index contributed by atoms with van der Waals surface area (Å²) in [5.74, 6) is 1.24. The minimum atomic E-state index is 0.141. The third-order valence-electron chi connectivity index (χ3n) is 2.54. The van der Waals surface area contributed by atoms with Gasteiger partial charge in [-0.3, -0.25) is 4.79 Å². The van der Waals surface area contributed by atoms with Gasteiger partial charge in [-0.05, 0) is 43.5 Å². The SMILES string of the molecule is CCCOc1ccc(NC(=O)C2CC2)cc1. The van der Waals surface area contributed by atoms with Gasteiger partial charge in [-0.2, -0.15) is 0 Å². The first kappa shape index (κ1) is 11.0. The van der Waals surface area contributed by atoms with Gasteiger partial charge in [0.1, 0.15) is 5.75 Å². The first-order valence-electron chi connectivity index (χ1n) is 5.83. The predicted molar refractivity (Wildman–Crippen MR) is 63.6 cm³/mol. The lowest BCUT2D eigenvalue weighted by atomic mass is 10.3. The largest absolute Gasteiger partial charge is 0.494 e. The Hall–Kier alpha value is -1.51. The van der Waals surface area contributed by atoms with Crippen LogP contribution >= 0.6 is 0 Å². The summed E-state index contributed by atoms with van der Waals surface area (Å²) in [6, 6.07) is 7.53. The van der Waals surface area contributed by atoms with E-state index in [0.717, 1.165) is 37.3 Å². The van der Waals surface area contributed by atoms with Gasteiger partial charge in [0.2, 0.25) is 5.91 Å². The molecule has 0 radical (unpaired) electrons. The highest BCUT2D eigenvalue weighted by molar-refractivity contribution is 5.94. The molecule has 3 heteroatoms. The fraction of sp³-hybridized carbons (Fsp3) is 0.462. The Balaban J connectivity index is 1.88. The molecule has 3 nitrogen and oxygen atoms in total. The molecule has 0 aliphatic heterocycles. The second-order valence-corrected chi connectivity index (χ2v) is 4.14. The van der Waals surface area contributed by atoms with Crippen LogP contribution in [-0.2, 0) is 4.79 Å². The molecule has 0 atom stereocenters. The third kappa shape index (κ3) is 2.99. The number of benzene rings is 1. The highest BCUT2D eigenvalue weighted by Gasteiger charge is 2.29. The molecule has 2 rings (SSSR count). The molecule has 1 amide bonds. The zero-order chi connectivity index (χ0) is 11.4. The number of nitrogens with one attached hydrogen (secondary N) is 1. The summed E-state index contributed by atoms with van der Waals surface area (Å²) in [5.41, 5.74) is 0.848. The van der Waals surface area contributed by atoms with Crippen molar-refractivity contribution >= 4 is 11.6 Å². The summed E-state index contributed by atoms with van der Waals surface area (Å²) in [7, 11) is 0. The lowest BCUT2D eigenvalue weighted by molar-refractivity contribution is -0.117. The lowest BCUT2D eigenvalue weighted by Crippen LogP contribution is -2.13. The van der Waals surface area contributed by atoms with E-state index in [2.05, 4.69) is 12.2 Å². The highest BCUT2D eigenvalue weighted by atomic mass is 16.5. The van der Waals surface area contributed by atoms with Crippen molar-refractivity contribution < 1.29 is 9.53 Å². The summed E-state index contributed by atoms with van der Waals surface area (Å²) in [4.78, 5) is 11.5. The minimum Gasteiger partial charge on any atom is -0.494 e. The molecule has 1 saturated carbocycles. The van der Waals surface area contributed by atoms with E-state index in [1.807, 2.05) is 24.3 Å². The van der Waals surface area contributed by atoms with Crippen LogP contribution in [0.1, 0.15) is 26.2 Å². The average Bonchev–Trinajstić information content (AvgIpc) is 3.12. The number of anilines is 1. The molecule has 16 heavy (non-hydrogen) atoms. The van der Waals surface area contributed by atoms with Gasteiger partial charge in [-0.15, -0.1) is 0 Å². The number of carbonyl (C=O) groups is 1. The van der Waals surface area contributed by atoms with E-state index >= 15 is 0 Å². The number of amides is 1. The maximum absolute atomic E-state index is 11.5. The summed E-state index contributed by atoms with van der Waals surface area (Å²) < 4.78 is 5.46. The molecule has 0 aromatic heterocycles. The maximum Gasteiger partial charge on any atom is 0.227 e. The van der Waals surface area contributed by atoms with E-state index in [-0.39, 0.29) is 11.8 Å². The fourth-order valence-corrected chi connectivity index (χ4v) is 1.44. The van der Waals surface area contributed by atoms with Crippen LogP contribution in [0.3, 0.4) is 0 Å². The smallest absolute Gasteiger partial charge is 0.227 e. The molecule has 0 unspecified atom stereocenters. The summed E-state index contributed by atoms with van der Waals surface area (Å²) in [6.07, 6.45) is 3.06. The third-order valence-corrected chi connectivity index (χ3v) is 2.54. The average molecular weight is 219 g/mol. The molecule has 0 heterocycles. The molecule has 1 N–H and O–H groups in total. The Morgan fingerprint density at radius 1 is 1.38 bits per heavy atom. The van der Waals surface area contributed by atoms with E-state index in [1.165, 1.54) is 0 Å². The Morgan fingerprint density at radius 2 is 2.06 bits per heavy atom. The molecule has 0 spiro atoms. The van der Waals surface area contributed by atoms with Crippen molar-refractivity contribution in [2.24, 2.45) is 5.92 Å². The van der Waals surface area contributed by atoms with Gasteiger partial charge in [0, 0.05) is 11.6 Å². The van der Waals surface area contributed by atoms with Gasteiger partial charge in [0.25, 0.3) is 0 Å². The number of ether oxygens (including phenoxy) is 1. The fourth-order valence-electron chi connectivity index (χ4n) is 1.44. The van der Waals surface area contributed by atoms with E-state index in [0.29, 0.717) is 0 Å². The quantitative estimate of drug-likeness (QED) is 0.827. The van der Waals surface area contributed by atoms with Crippen LogP contribution in [0.2, 0.25) is 0 Å². The van der Waals surface area contributed by atoms with Crippen LogP contribution in [0, 0.1) is 5.92 Å². The summed E-state index contributed by atoms with van der Waals surface area (Å²) in [5, 5.41) is 2.89. The number of hydrogen-bond acceptors (Lipinski definition) is 2. The van der Waals surface area contributed by atoms with Gasteiger partial charge in [0.15, 0.2) is 0 Å². The molecule has 1 aliphatic rings. The first-order valence-corrected chi connectivity index (χ1v) is 5.83. The molecule has 0 bridgehead atoms. The van der Waals surface area contributed by atoms with Crippen molar-refractivity contribution in [2.45, 2.75) is 26.2 Å². The van der Waals surface area contributed by atoms with Crippen LogP contribution in [-0.4, -0.2) is 12.5 Å². The topological polar surface area (TPSA) is 38.3 Å². The standard InChI is InChI=1S/C13H17NO2/c1-2-9-16-12-7-5-11(6-8-12)14-13(15)10-3-4-10/h5-8,10H,2-4,9H2,1H3,(H,14,15). The second-order valence-electron chi connectivity index (χ2n) is 4.14. The van der Waals surface area contributed by atoms with E-state index < -0.39 is 0 Å². The van der Waals surface area contributed by atoms with E-state index in [4.69, 9.17) is 4.74 Å². The molecule has 1 aliphatic carbocycles. The monoisotopic (exact) mass is 219 g/mol. The van der Waals surface area contributed by atoms with Crippen molar-refractivity contribution in [2.75, 3.05) is 11.9 Å². The van der Waals surface area contributed by atoms with Gasteiger partial charge < -0.3 is 10.1 Å². The Labute approximate surface area is 95.8 Å². The highest BCUT2D eigenvalue weighted by Crippen LogP contribution is 2.30. The van der Waals surface area contributed by atoms with E-state index in [1.54, 1.807) is 0 Å². The number of carbonyl (C=O) groups excluding carboxylic acids is 1. The maximum atomic E-state index is 11.5. The summed E-state index contributed by atoms with van der Waals surface area (Å²) >= 11 is 0. The molecule has 1 aromatic rings. The van der Waals surface area contributed by atoms with Crippen LogP contribution < -0.4 is 10.1 Å². The molecular formula is C13H17NO2. The van der Waals surface area contributed by atoms with Gasteiger partial charge in [-0.25, -0.2) is 0 Å². The van der Waals surface area contributed by atoms with Crippen LogP contribution in [0.15, 0.2) is 24.3 Å². The van der Waals surface area contributed by atoms with Crippen LogP contribution in [0.4, 0.5) is 5.69 Å². The first-order chi connectivity index (χ1) is 7.79. The van der Waals surface area contributed by atoms with Crippen molar-refractivity contribution in [3.8, 4) is 5.75 Å². The summed E-state index contributed by atoms with van der Waals surface area (Å²) in [6.45, 7) is 2.80. The molecular weight excluding hydrogens is 202 g/mol. The Kier molecular flexibility index (Phi) is 3.44. The van der Waals surface area contributed by atoms with Gasteiger partial charge >= 0.3 is 0 Å². The molecule has 1 fully saturated rings. The molecule has 86 valence electrons. The lowest BCUT2D eigenvalue weighted by Gasteiger charge is -2.07. The zero-order valence-electron chi connectivity index (χ0n) is 9.53. The Bertz CT molecular complexity index is 355. The molecule has 1 aromatic carbocycles. The number of hydrogen-bond donors (Lipinski definition) is 1. The van der Waals surface area contributed by atoms with Crippen LogP contribution in [0.5, 0.6) is 5.75 Å². The normalized spacial score (nSPS) is 14.6. The zero-order valence-corrected chi connectivity index (χ0v) is 9.53. The molecule has 0 saturated heterocycles. The predicted octanol–water partition coefficient (Wildman–Crippen LogP) is 2.82. The van der Waals surface area contributed by atoms with Crippen molar-refractivity contribution in [1.29, 1.82) is 0 Å². The Morgan fingerprint density at radius 3 is 2.62 bits per heavy atom. The number of rotatable bonds is 5.